The van der Waals surface area contributed by atoms with Gasteiger partial charge in [-0.3, -0.25) is 4.79 Å². The van der Waals surface area contributed by atoms with Gasteiger partial charge in [-0.15, -0.1) is 11.8 Å². The van der Waals surface area contributed by atoms with E-state index in [2.05, 4.69) is 0 Å². The second-order valence-corrected chi connectivity index (χ2v) is 6.83. The number of carbonyl (C=O) groups excluding carboxylic acids is 1. The lowest BCUT2D eigenvalue weighted by Crippen LogP contribution is -2.32. The number of rotatable bonds is 2. The van der Waals surface area contributed by atoms with Gasteiger partial charge in [-0.1, -0.05) is 0 Å². The van der Waals surface area contributed by atoms with Crippen molar-refractivity contribution in [3.8, 4) is 11.5 Å². The van der Waals surface area contributed by atoms with Gasteiger partial charge in [-0.25, -0.2) is 0 Å². The van der Waals surface area contributed by atoms with Crippen molar-refractivity contribution in [2.45, 2.75) is 11.7 Å². The van der Waals surface area contributed by atoms with Gasteiger partial charge in [0.15, 0.2) is 11.5 Å². The van der Waals surface area contributed by atoms with Crippen LogP contribution in [0.4, 0.5) is 0 Å². The topological polar surface area (TPSA) is 51.9 Å². The zero-order valence-corrected chi connectivity index (χ0v) is 13.4. The maximum Gasteiger partial charge on any atom is 0.254 e. The molecule has 0 spiro atoms. The number of hydrogen-bond donors (Lipinski definition) is 0. The van der Waals surface area contributed by atoms with E-state index in [0.29, 0.717) is 22.3 Å². The van der Waals surface area contributed by atoms with Crippen LogP contribution in [0.25, 0.3) is 0 Å². The Balaban J connectivity index is 1.46. The summed E-state index contributed by atoms with van der Waals surface area (Å²) < 4.78 is 16.2. The number of carbonyl (C=O) groups is 1. The fourth-order valence-electron chi connectivity index (χ4n) is 2.89. The molecule has 0 unspecified atom stereocenters. The summed E-state index contributed by atoms with van der Waals surface area (Å²) in [5, 5.41) is 0.319. The maximum atomic E-state index is 12.7. The van der Waals surface area contributed by atoms with Gasteiger partial charge in [0.2, 0.25) is 6.79 Å². The van der Waals surface area contributed by atoms with Crippen LogP contribution in [0.3, 0.4) is 0 Å². The first-order chi connectivity index (χ1) is 11.3. The number of benzene rings is 1. The van der Waals surface area contributed by atoms with E-state index < -0.39 is 0 Å². The number of fused-ring (bicyclic) bond motifs is 1. The van der Waals surface area contributed by atoms with E-state index in [9.17, 15) is 4.79 Å². The third-order valence-electron chi connectivity index (χ3n) is 4.11. The third kappa shape index (κ3) is 2.91. The minimum Gasteiger partial charge on any atom is -0.468 e. The molecule has 0 N–H and O–H groups in total. The Kier molecular flexibility index (Phi) is 3.91. The molecule has 1 saturated heterocycles. The lowest BCUT2D eigenvalue weighted by molar-refractivity contribution is 0.0765. The van der Waals surface area contributed by atoms with Gasteiger partial charge in [0, 0.05) is 24.4 Å². The molecule has 0 bridgehead atoms. The van der Waals surface area contributed by atoms with Crippen LogP contribution in [-0.2, 0) is 0 Å². The van der Waals surface area contributed by atoms with Crippen LogP contribution >= 0.6 is 11.8 Å². The molecule has 3 heterocycles. The first-order valence-electron chi connectivity index (χ1n) is 7.65. The Morgan fingerprint density at radius 1 is 1.17 bits per heavy atom. The molecule has 6 heteroatoms. The van der Waals surface area contributed by atoms with Gasteiger partial charge in [0.1, 0.15) is 5.76 Å². The van der Waals surface area contributed by atoms with Gasteiger partial charge in [-0.05, 0) is 36.8 Å². The normalized spacial score (nSPS) is 20.3. The minimum absolute atomic E-state index is 0.0454. The number of hydrogen-bond acceptors (Lipinski definition) is 5. The Morgan fingerprint density at radius 2 is 2.09 bits per heavy atom. The van der Waals surface area contributed by atoms with Gasteiger partial charge in [0.05, 0.1) is 11.5 Å². The van der Waals surface area contributed by atoms with Gasteiger partial charge in [-0.2, -0.15) is 0 Å². The molecule has 120 valence electrons. The molecule has 1 fully saturated rings. The predicted octanol–water partition coefficient (Wildman–Crippen LogP) is 3.33. The smallest absolute Gasteiger partial charge is 0.254 e. The van der Waals surface area contributed by atoms with E-state index in [0.717, 1.165) is 31.0 Å². The molecule has 0 radical (unpaired) electrons. The van der Waals surface area contributed by atoms with E-state index in [1.807, 2.05) is 28.8 Å². The van der Waals surface area contributed by atoms with E-state index in [-0.39, 0.29) is 12.7 Å². The molecule has 0 aliphatic carbocycles. The quantitative estimate of drug-likeness (QED) is 0.845. The Bertz CT molecular complexity index is 701. The van der Waals surface area contributed by atoms with Crippen molar-refractivity contribution >= 4 is 17.7 Å². The van der Waals surface area contributed by atoms with Crippen LogP contribution in [0, 0.1) is 0 Å². The summed E-state index contributed by atoms with van der Waals surface area (Å²) in [6.45, 7) is 1.69. The standard InChI is InChI=1S/C17H17NO4S/c19-17(12-3-4-13-15(10-12)22-11-21-13)18-6-5-16(23-9-7-18)14-2-1-8-20-14/h1-4,8,10,16H,5-7,9,11H2/t16-/m0/s1. The average Bonchev–Trinajstić information content (AvgIpc) is 3.21. The summed E-state index contributed by atoms with van der Waals surface area (Å²) in [5.41, 5.74) is 0.649. The molecule has 1 atom stereocenters. The maximum absolute atomic E-state index is 12.7. The molecule has 0 saturated carbocycles. The summed E-state index contributed by atoms with van der Waals surface area (Å²) in [4.78, 5) is 14.7. The van der Waals surface area contributed by atoms with E-state index in [1.54, 1.807) is 24.5 Å². The Hall–Kier alpha value is -2.08. The predicted molar refractivity (Wildman–Crippen MR) is 87.0 cm³/mol. The highest BCUT2D eigenvalue weighted by molar-refractivity contribution is 7.99. The van der Waals surface area contributed by atoms with Gasteiger partial charge >= 0.3 is 0 Å². The van der Waals surface area contributed by atoms with Crippen LogP contribution in [0.15, 0.2) is 41.0 Å². The van der Waals surface area contributed by atoms with Crippen LogP contribution in [0.1, 0.15) is 27.8 Å². The SMILES string of the molecule is O=C(c1ccc2c(c1)OCO2)N1CCS[C@H](c2ccco2)CC1. The molecule has 2 aliphatic rings. The monoisotopic (exact) mass is 331 g/mol. The van der Waals surface area contributed by atoms with Crippen LogP contribution in [0.2, 0.25) is 0 Å². The molecule has 23 heavy (non-hydrogen) atoms. The van der Waals surface area contributed by atoms with Crippen LogP contribution < -0.4 is 9.47 Å². The lowest BCUT2D eigenvalue weighted by atomic mass is 10.1. The van der Waals surface area contributed by atoms with Gasteiger partial charge in [0.25, 0.3) is 5.91 Å². The highest BCUT2D eigenvalue weighted by atomic mass is 32.2. The van der Waals surface area contributed by atoms with Crippen molar-refractivity contribution in [3.63, 3.8) is 0 Å². The van der Waals surface area contributed by atoms with Crippen molar-refractivity contribution in [3.05, 3.63) is 47.9 Å². The van der Waals surface area contributed by atoms with Crippen LogP contribution in [-0.4, -0.2) is 36.4 Å². The molecular formula is C17H17NO4S. The number of thioether (sulfide) groups is 1. The largest absolute Gasteiger partial charge is 0.468 e. The number of nitrogens with zero attached hydrogens (tertiary/aromatic N) is 1. The highest BCUT2D eigenvalue weighted by Gasteiger charge is 2.25. The molecule has 4 rings (SSSR count). The highest BCUT2D eigenvalue weighted by Crippen LogP contribution is 2.36. The summed E-state index contributed by atoms with van der Waals surface area (Å²) >= 11 is 1.85. The van der Waals surface area contributed by atoms with Crippen LogP contribution in [0.5, 0.6) is 11.5 Å². The van der Waals surface area contributed by atoms with E-state index in [4.69, 9.17) is 13.9 Å². The second-order valence-electron chi connectivity index (χ2n) is 5.52. The number of amides is 1. The van der Waals surface area contributed by atoms with Crippen molar-refractivity contribution in [1.29, 1.82) is 0 Å². The van der Waals surface area contributed by atoms with Crippen molar-refractivity contribution < 1.29 is 18.7 Å². The second kappa shape index (κ2) is 6.20. The Morgan fingerprint density at radius 3 is 2.96 bits per heavy atom. The molecule has 2 aliphatic heterocycles. The Labute approximate surface area is 138 Å². The fraction of sp³-hybridized carbons (Fsp3) is 0.353. The molecule has 2 aromatic rings. The number of furan rings is 1. The average molecular weight is 331 g/mol. The zero-order chi connectivity index (χ0) is 15.6. The van der Waals surface area contributed by atoms with Crippen molar-refractivity contribution in [2.24, 2.45) is 0 Å². The summed E-state index contributed by atoms with van der Waals surface area (Å²) in [7, 11) is 0. The van der Waals surface area contributed by atoms with E-state index in [1.165, 1.54) is 0 Å². The molecule has 1 amide bonds. The molecule has 1 aromatic heterocycles. The number of ether oxygens (including phenoxy) is 2. The summed E-state index contributed by atoms with van der Waals surface area (Å²) in [6.07, 6.45) is 2.60. The lowest BCUT2D eigenvalue weighted by Gasteiger charge is -2.20. The minimum atomic E-state index is 0.0454. The van der Waals surface area contributed by atoms with Crippen molar-refractivity contribution in [2.75, 3.05) is 25.6 Å². The summed E-state index contributed by atoms with van der Waals surface area (Å²) in [6, 6.07) is 9.29. The third-order valence-corrected chi connectivity index (χ3v) is 5.40. The molecule has 1 aromatic carbocycles. The fourth-order valence-corrected chi connectivity index (χ4v) is 4.07. The first kappa shape index (κ1) is 14.5. The van der Waals surface area contributed by atoms with Gasteiger partial charge < -0.3 is 18.8 Å². The zero-order valence-electron chi connectivity index (χ0n) is 12.6. The summed E-state index contributed by atoms with van der Waals surface area (Å²) in [5.74, 6) is 3.29. The van der Waals surface area contributed by atoms with E-state index >= 15 is 0 Å². The molecular weight excluding hydrogens is 314 g/mol. The molecule has 5 nitrogen and oxygen atoms in total. The first-order valence-corrected chi connectivity index (χ1v) is 8.70. The van der Waals surface area contributed by atoms with Crippen molar-refractivity contribution in [1.82, 2.24) is 4.90 Å².